The Morgan fingerprint density at radius 3 is 2.65 bits per heavy atom. The maximum atomic E-state index is 12.5. The first-order valence-electron chi connectivity index (χ1n) is 7.31. The highest BCUT2D eigenvalue weighted by molar-refractivity contribution is 14.0. The summed E-state index contributed by atoms with van der Waals surface area (Å²) >= 11 is 0. The number of alkyl halides is 2. The second-order valence-corrected chi connectivity index (χ2v) is 4.62. The molecule has 0 aliphatic rings. The molecule has 1 aromatic rings. The predicted octanol–water partition coefficient (Wildman–Crippen LogP) is 3.51. The molecule has 8 heteroatoms. The summed E-state index contributed by atoms with van der Waals surface area (Å²) in [6, 6.07) is 4.80. The van der Waals surface area contributed by atoms with Crippen molar-refractivity contribution in [2.24, 2.45) is 10.7 Å². The Morgan fingerprint density at radius 2 is 2.04 bits per heavy atom. The van der Waals surface area contributed by atoms with Crippen molar-refractivity contribution in [1.82, 2.24) is 5.32 Å². The van der Waals surface area contributed by atoms with E-state index in [4.69, 9.17) is 10.5 Å². The third-order valence-electron chi connectivity index (χ3n) is 2.70. The fraction of sp³-hybridized carbons (Fsp3) is 0.533. The van der Waals surface area contributed by atoms with E-state index >= 15 is 0 Å². The topological polar surface area (TPSA) is 68.9 Å². The molecule has 0 aromatic heterocycles. The molecule has 0 saturated heterocycles. The van der Waals surface area contributed by atoms with Crippen LogP contribution in [0.2, 0.25) is 0 Å². The van der Waals surface area contributed by atoms with Gasteiger partial charge in [0.25, 0.3) is 0 Å². The van der Waals surface area contributed by atoms with E-state index in [1.54, 1.807) is 12.1 Å². The Morgan fingerprint density at radius 1 is 1.30 bits per heavy atom. The zero-order valence-corrected chi connectivity index (χ0v) is 15.7. The Hall–Kier alpha value is -1.32. The average molecular weight is 443 g/mol. The molecule has 0 aliphatic heterocycles. The van der Waals surface area contributed by atoms with Crippen LogP contribution in [-0.4, -0.2) is 25.7 Å². The van der Waals surface area contributed by atoms with Gasteiger partial charge in [-0.2, -0.15) is 8.78 Å². The van der Waals surface area contributed by atoms with Crippen LogP contribution < -0.4 is 20.5 Å². The van der Waals surface area contributed by atoms with Crippen molar-refractivity contribution < 1.29 is 18.3 Å². The largest absolute Gasteiger partial charge is 0.493 e. The molecule has 0 unspecified atom stereocenters. The third-order valence-corrected chi connectivity index (χ3v) is 2.70. The van der Waals surface area contributed by atoms with Gasteiger partial charge in [0.15, 0.2) is 5.96 Å². The predicted molar refractivity (Wildman–Crippen MR) is 97.9 cm³/mol. The lowest BCUT2D eigenvalue weighted by Gasteiger charge is -2.12. The highest BCUT2D eigenvalue weighted by Crippen LogP contribution is 2.27. The summed E-state index contributed by atoms with van der Waals surface area (Å²) in [7, 11) is 0. The van der Waals surface area contributed by atoms with Crippen molar-refractivity contribution in [2.45, 2.75) is 39.8 Å². The van der Waals surface area contributed by atoms with Crippen molar-refractivity contribution in [3.8, 4) is 11.5 Å². The van der Waals surface area contributed by atoms with Gasteiger partial charge in [-0.1, -0.05) is 13.8 Å². The van der Waals surface area contributed by atoms with Crippen molar-refractivity contribution >= 4 is 29.9 Å². The quantitative estimate of drug-likeness (QED) is 0.348. The van der Waals surface area contributed by atoms with Crippen LogP contribution in [0.25, 0.3) is 0 Å². The zero-order chi connectivity index (χ0) is 16.4. The first kappa shape index (κ1) is 21.7. The molecule has 0 fully saturated rings. The SMILES string of the molecule is CCCNC(N)=NCc1ccc(OCCC)cc1OC(F)F.I. The van der Waals surface area contributed by atoms with Crippen LogP contribution in [0.5, 0.6) is 11.5 Å². The van der Waals surface area contributed by atoms with Gasteiger partial charge >= 0.3 is 6.61 Å². The van der Waals surface area contributed by atoms with Gasteiger partial charge in [-0.15, -0.1) is 24.0 Å². The lowest BCUT2D eigenvalue weighted by atomic mass is 10.2. The van der Waals surface area contributed by atoms with E-state index in [9.17, 15) is 8.78 Å². The molecular formula is C15H24F2IN3O2. The van der Waals surface area contributed by atoms with E-state index in [2.05, 4.69) is 15.0 Å². The van der Waals surface area contributed by atoms with E-state index in [-0.39, 0.29) is 42.2 Å². The number of guanidine groups is 1. The normalized spacial score (nSPS) is 11.1. The summed E-state index contributed by atoms with van der Waals surface area (Å²) in [6.45, 7) is 2.44. The second-order valence-electron chi connectivity index (χ2n) is 4.62. The number of ether oxygens (including phenoxy) is 2. The van der Waals surface area contributed by atoms with E-state index in [0.717, 1.165) is 12.8 Å². The standard InChI is InChI=1S/C15H23F2N3O2.HI/c1-3-7-19-15(18)20-10-11-5-6-12(21-8-4-2)9-13(11)22-14(16)17;/h5-6,9,14H,3-4,7-8,10H2,1-2H3,(H3,18,19,20);1H. The lowest BCUT2D eigenvalue weighted by molar-refractivity contribution is -0.0505. The highest BCUT2D eigenvalue weighted by Gasteiger charge is 2.11. The molecule has 5 nitrogen and oxygen atoms in total. The molecule has 23 heavy (non-hydrogen) atoms. The number of nitrogens with one attached hydrogen (secondary N) is 1. The molecule has 0 bridgehead atoms. The fourth-order valence-electron chi connectivity index (χ4n) is 1.66. The van der Waals surface area contributed by atoms with Gasteiger partial charge in [0.2, 0.25) is 0 Å². The van der Waals surface area contributed by atoms with Crippen molar-refractivity contribution in [3.63, 3.8) is 0 Å². The number of rotatable bonds is 9. The first-order valence-corrected chi connectivity index (χ1v) is 7.31. The molecule has 1 rings (SSSR count). The Balaban J connectivity index is 0.00000484. The molecule has 0 atom stereocenters. The van der Waals surface area contributed by atoms with E-state index in [1.165, 1.54) is 6.07 Å². The molecule has 0 heterocycles. The van der Waals surface area contributed by atoms with Crippen molar-refractivity contribution in [2.75, 3.05) is 13.2 Å². The van der Waals surface area contributed by atoms with Gasteiger partial charge in [-0.25, -0.2) is 4.99 Å². The summed E-state index contributed by atoms with van der Waals surface area (Å²) in [5.41, 5.74) is 6.20. The summed E-state index contributed by atoms with van der Waals surface area (Å²) in [5.74, 6) is 0.814. The van der Waals surface area contributed by atoms with Gasteiger partial charge in [0.1, 0.15) is 11.5 Å². The smallest absolute Gasteiger partial charge is 0.387 e. The lowest BCUT2D eigenvalue weighted by Crippen LogP contribution is -2.32. The molecule has 1 aromatic carbocycles. The van der Waals surface area contributed by atoms with Crippen LogP contribution in [0.15, 0.2) is 23.2 Å². The van der Waals surface area contributed by atoms with Crippen LogP contribution in [0.4, 0.5) is 8.78 Å². The monoisotopic (exact) mass is 443 g/mol. The first-order chi connectivity index (χ1) is 10.6. The van der Waals surface area contributed by atoms with Crippen molar-refractivity contribution in [1.29, 1.82) is 0 Å². The Labute approximate surface area is 152 Å². The third kappa shape index (κ3) is 8.77. The Bertz CT molecular complexity index is 488. The number of aliphatic imine (C=N–C) groups is 1. The molecule has 0 spiro atoms. The molecule has 0 saturated carbocycles. The van der Waals surface area contributed by atoms with Crippen LogP contribution >= 0.6 is 24.0 Å². The number of halogens is 3. The summed E-state index contributed by atoms with van der Waals surface area (Å²) in [4.78, 5) is 4.11. The molecular weight excluding hydrogens is 419 g/mol. The average Bonchev–Trinajstić information content (AvgIpc) is 2.49. The van der Waals surface area contributed by atoms with Crippen LogP contribution in [0.3, 0.4) is 0 Å². The number of hydrogen-bond donors (Lipinski definition) is 2. The number of nitrogens with zero attached hydrogens (tertiary/aromatic N) is 1. The summed E-state index contributed by atoms with van der Waals surface area (Å²) < 4.78 is 35.0. The van der Waals surface area contributed by atoms with Gasteiger partial charge in [-0.05, 0) is 25.0 Å². The molecule has 0 aliphatic carbocycles. The maximum Gasteiger partial charge on any atom is 0.387 e. The number of benzene rings is 1. The van der Waals surface area contributed by atoms with Gasteiger partial charge < -0.3 is 20.5 Å². The van der Waals surface area contributed by atoms with Crippen molar-refractivity contribution in [3.05, 3.63) is 23.8 Å². The minimum absolute atomic E-state index is 0. The molecule has 132 valence electrons. The van der Waals surface area contributed by atoms with Crippen LogP contribution in [0.1, 0.15) is 32.3 Å². The molecule has 3 N–H and O–H groups in total. The number of nitrogens with two attached hydrogens (primary N) is 1. The second kappa shape index (κ2) is 12.1. The van der Waals surface area contributed by atoms with E-state index in [0.29, 0.717) is 24.5 Å². The van der Waals surface area contributed by atoms with Gasteiger partial charge in [-0.3, -0.25) is 0 Å². The molecule has 0 amide bonds. The van der Waals surface area contributed by atoms with Crippen LogP contribution in [-0.2, 0) is 6.54 Å². The molecule has 0 radical (unpaired) electrons. The van der Waals surface area contributed by atoms with E-state index in [1.807, 2.05) is 13.8 Å². The Kier molecular flexibility index (Phi) is 11.4. The summed E-state index contributed by atoms with van der Waals surface area (Å²) in [6.07, 6.45) is 1.75. The maximum absolute atomic E-state index is 12.5. The number of hydrogen-bond acceptors (Lipinski definition) is 3. The summed E-state index contributed by atoms with van der Waals surface area (Å²) in [5, 5.41) is 2.92. The minimum atomic E-state index is -2.90. The van der Waals surface area contributed by atoms with Gasteiger partial charge in [0.05, 0.1) is 13.2 Å². The highest BCUT2D eigenvalue weighted by atomic mass is 127. The van der Waals surface area contributed by atoms with Crippen LogP contribution in [0, 0.1) is 0 Å². The fourth-order valence-corrected chi connectivity index (χ4v) is 1.66. The van der Waals surface area contributed by atoms with Gasteiger partial charge in [0, 0.05) is 18.2 Å². The minimum Gasteiger partial charge on any atom is -0.493 e. The van der Waals surface area contributed by atoms with E-state index < -0.39 is 6.61 Å². The zero-order valence-electron chi connectivity index (χ0n) is 13.4.